The number of aliphatic hydroxyl groups is 1. The maximum atomic E-state index is 7.76. The van der Waals surface area contributed by atoms with Crippen molar-refractivity contribution in [3.8, 4) is 28.8 Å². The largest absolute Gasteiger partial charge is 0.494 e. The molecule has 0 saturated carbocycles. The summed E-state index contributed by atoms with van der Waals surface area (Å²) in [4.78, 5) is 8.80. The van der Waals surface area contributed by atoms with Gasteiger partial charge in [-0.2, -0.15) is 0 Å². The molecule has 196 valence electrons. The minimum atomic E-state index is 0.0833. The number of rotatable bonds is 10. The number of nitrogens with zero attached hydrogens (tertiary/aromatic N) is 5. The Morgan fingerprint density at radius 3 is 2.30 bits per heavy atom. The van der Waals surface area contributed by atoms with Gasteiger partial charge in [-0.3, -0.25) is 9.29 Å². The summed E-state index contributed by atoms with van der Waals surface area (Å²) in [5, 5.41) is 16.7. The minimum absolute atomic E-state index is 0.0833. The van der Waals surface area contributed by atoms with Gasteiger partial charge < -0.3 is 19.0 Å². The summed E-state index contributed by atoms with van der Waals surface area (Å²) in [5.74, 6) is 4.45. The van der Waals surface area contributed by atoms with Crippen LogP contribution in [0.5, 0.6) is 11.5 Å². The number of nitrogens with one attached hydrogen (secondary N) is 1. The lowest BCUT2D eigenvalue weighted by molar-refractivity contribution is 0.343. The van der Waals surface area contributed by atoms with Crippen molar-refractivity contribution in [3.05, 3.63) is 72.5 Å². The summed E-state index contributed by atoms with van der Waals surface area (Å²) in [6, 6.07) is 9.35. The Kier molecular flexibility index (Phi) is 10.1. The highest BCUT2D eigenvalue weighted by molar-refractivity contribution is 8.01. The molecule has 4 rings (SSSR count). The Balaban J connectivity index is 0.000000886. The van der Waals surface area contributed by atoms with Gasteiger partial charge in [-0.15, -0.1) is 16.8 Å². The quantitative estimate of drug-likeness (QED) is 0.221. The summed E-state index contributed by atoms with van der Waals surface area (Å²) >= 11 is 1.51. The molecule has 0 aliphatic heterocycles. The fraction of sp³-hybridized carbons (Fsp3) is 0.308. The van der Waals surface area contributed by atoms with Crippen molar-refractivity contribution in [2.24, 2.45) is 0 Å². The fourth-order valence-corrected chi connectivity index (χ4v) is 3.98. The first-order chi connectivity index (χ1) is 17.9. The minimum Gasteiger partial charge on any atom is -0.494 e. The molecule has 0 bridgehead atoms. The second kappa shape index (κ2) is 13.5. The summed E-state index contributed by atoms with van der Waals surface area (Å²) in [6.45, 7) is 9.27. The number of methoxy groups -OCH3 is 2. The van der Waals surface area contributed by atoms with Gasteiger partial charge in [0, 0.05) is 24.1 Å². The number of furan rings is 1. The maximum absolute atomic E-state index is 7.76. The zero-order valence-corrected chi connectivity index (χ0v) is 22.5. The zero-order valence-electron chi connectivity index (χ0n) is 21.6. The van der Waals surface area contributed by atoms with E-state index in [1.807, 2.05) is 61.1 Å². The van der Waals surface area contributed by atoms with Crippen LogP contribution in [-0.2, 0) is 6.42 Å². The van der Waals surface area contributed by atoms with Gasteiger partial charge in [0.15, 0.2) is 5.76 Å². The van der Waals surface area contributed by atoms with Crippen molar-refractivity contribution in [2.45, 2.75) is 32.4 Å². The van der Waals surface area contributed by atoms with Crippen LogP contribution in [0.2, 0.25) is 0 Å². The fourth-order valence-electron chi connectivity index (χ4n) is 3.31. The molecule has 0 aliphatic rings. The van der Waals surface area contributed by atoms with Crippen molar-refractivity contribution in [3.63, 3.8) is 0 Å². The van der Waals surface area contributed by atoms with E-state index in [9.17, 15) is 0 Å². The molecule has 10 nitrogen and oxygen atoms in total. The van der Waals surface area contributed by atoms with Crippen LogP contribution in [0, 0.1) is 13.8 Å². The molecule has 1 unspecified atom stereocenters. The standard InChI is InChI=1S/C23H26N6O3S.C3H6O/c1-14-12-24-20(25-13-14)11-16(3)33-28-23-27-26-22(19-10-9-15(2)32-19)29(23)21-17(30-4)7-6-8-18(21)31-5;1-2-3-4/h6-10,12-13,16H,11H2,1-5H3,(H,27,28);2,4H,1,3H2. The van der Waals surface area contributed by atoms with Crippen LogP contribution in [0.3, 0.4) is 0 Å². The van der Waals surface area contributed by atoms with Gasteiger partial charge in [-0.1, -0.05) is 19.1 Å². The number of hydrogen-bond acceptors (Lipinski definition) is 10. The van der Waals surface area contributed by atoms with E-state index in [2.05, 4.69) is 38.4 Å². The average molecular weight is 525 g/mol. The van der Waals surface area contributed by atoms with Crippen molar-refractivity contribution in [1.29, 1.82) is 0 Å². The number of hydrogen-bond donors (Lipinski definition) is 2. The van der Waals surface area contributed by atoms with E-state index in [0.29, 0.717) is 41.1 Å². The zero-order chi connectivity index (χ0) is 26.8. The molecular formula is C26H32N6O4S. The number of anilines is 1. The van der Waals surface area contributed by atoms with Gasteiger partial charge in [-0.05, 0) is 55.6 Å². The highest BCUT2D eigenvalue weighted by atomic mass is 32.2. The predicted molar refractivity (Wildman–Crippen MR) is 145 cm³/mol. The number of aromatic nitrogens is 5. The lowest BCUT2D eigenvalue weighted by Crippen LogP contribution is -2.11. The van der Waals surface area contributed by atoms with Gasteiger partial charge >= 0.3 is 0 Å². The summed E-state index contributed by atoms with van der Waals surface area (Å²) < 4.78 is 22.3. The molecular weight excluding hydrogens is 492 g/mol. The topological polar surface area (TPSA) is 120 Å². The second-order valence-corrected chi connectivity index (χ2v) is 9.23. The molecule has 0 saturated heterocycles. The summed E-state index contributed by atoms with van der Waals surface area (Å²) in [5.41, 5.74) is 1.71. The van der Waals surface area contributed by atoms with E-state index >= 15 is 0 Å². The van der Waals surface area contributed by atoms with Crippen LogP contribution >= 0.6 is 11.9 Å². The molecule has 1 atom stereocenters. The molecule has 0 amide bonds. The number of aryl methyl sites for hydroxylation is 2. The smallest absolute Gasteiger partial charge is 0.239 e. The van der Waals surface area contributed by atoms with Crippen LogP contribution in [-0.4, -0.2) is 55.9 Å². The first kappa shape index (κ1) is 27.8. The van der Waals surface area contributed by atoms with E-state index in [-0.39, 0.29) is 11.9 Å². The molecule has 3 aromatic heterocycles. The van der Waals surface area contributed by atoms with Gasteiger partial charge in [0.05, 0.1) is 20.8 Å². The molecule has 37 heavy (non-hydrogen) atoms. The molecule has 0 fully saturated rings. The molecule has 2 N–H and O–H groups in total. The number of aliphatic hydroxyl groups excluding tert-OH is 1. The van der Waals surface area contributed by atoms with E-state index in [0.717, 1.165) is 17.1 Å². The lowest BCUT2D eigenvalue weighted by Gasteiger charge is -2.17. The van der Waals surface area contributed by atoms with Gasteiger partial charge in [0.1, 0.15) is 28.8 Å². The highest BCUT2D eigenvalue weighted by Gasteiger charge is 2.24. The Morgan fingerprint density at radius 2 is 1.76 bits per heavy atom. The molecule has 3 heterocycles. The van der Waals surface area contributed by atoms with Crippen molar-refractivity contribution in [2.75, 3.05) is 25.5 Å². The Morgan fingerprint density at radius 1 is 1.11 bits per heavy atom. The molecule has 4 aromatic rings. The molecule has 1 aromatic carbocycles. The summed E-state index contributed by atoms with van der Waals surface area (Å²) in [7, 11) is 3.23. The molecule has 0 radical (unpaired) electrons. The van der Waals surface area contributed by atoms with E-state index in [1.54, 1.807) is 14.2 Å². The van der Waals surface area contributed by atoms with Gasteiger partial charge in [0.2, 0.25) is 11.8 Å². The first-order valence-corrected chi connectivity index (χ1v) is 12.4. The first-order valence-electron chi connectivity index (χ1n) is 11.6. The monoisotopic (exact) mass is 524 g/mol. The lowest BCUT2D eigenvalue weighted by atomic mass is 10.2. The molecule has 0 aliphatic carbocycles. The number of para-hydroxylation sites is 1. The van der Waals surface area contributed by atoms with E-state index in [1.165, 1.54) is 18.0 Å². The van der Waals surface area contributed by atoms with Crippen LogP contribution in [0.15, 0.2) is 59.8 Å². The van der Waals surface area contributed by atoms with Crippen LogP contribution in [0.1, 0.15) is 24.1 Å². The highest BCUT2D eigenvalue weighted by Crippen LogP contribution is 2.38. The van der Waals surface area contributed by atoms with Gasteiger partial charge in [-0.25, -0.2) is 9.97 Å². The Labute approximate surface area is 220 Å². The molecule has 0 spiro atoms. The molecule has 11 heteroatoms. The van der Waals surface area contributed by atoms with Crippen molar-refractivity contribution >= 4 is 17.9 Å². The Hall–Kier alpha value is -3.83. The summed E-state index contributed by atoms with van der Waals surface area (Å²) in [6.07, 6.45) is 5.79. The SMILES string of the molecule is C=CCO.COc1cccc(OC)c1-n1c(NSC(C)Cc2ncc(C)cn2)nnc1-c1ccc(C)o1. The van der Waals surface area contributed by atoms with Crippen LogP contribution in [0.4, 0.5) is 5.95 Å². The predicted octanol–water partition coefficient (Wildman–Crippen LogP) is 4.81. The number of benzene rings is 1. The number of ether oxygens (including phenoxy) is 2. The normalized spacial score (nSPS) is 11.3. The van der Waals surface area contributed by atoms with Gasteiger partial charge in [0.25, 0.3) is 0 Å². The van der Waals surface area contributed by atoms with Crippen LogP contribution < -0.4 is 14.2 Å². The van der Waals surface area contributed by atoms with Crippen molar-refractivity contribution < 1.29 is 19.0 Å². The third-order valence-electron chi connectivity index (χ3n) is 5.03. The average Bonchev–Trinajstić information content (AvgIpc) is 3.54. The third-order valence-corrected chi connectivity index (χ3v) is 5.90. The van der Waals surface area contributed by atoms with E-state index < -0.39 is 0 Å². The van der Waals surface area contributed by atoms with Crippen LogP contribution in [0.25, 0.3) is 17.3 Å². The van der Waals surface area contributed by atoms with E-state index in [4.69, 9.17) is 19.0 Å². The van der Waals surface area contributed by atoms with Crippen molar-refractivity contribution in [1.82, 2.24) is 24.7 Å². The Bertz CT molecular complexity index is 1270. The maximum Gasteiger partial charge on any atom is 0.239 e. The second-order valence-electron chi connectivity index (χ2n) is 7.99. The third kappa shape index (κ3) is 7.11.